The molecule has 0 spiro atoms. The number of carbonyl (C=O) groups is 2. The van der Waals surface area contributed by atoms with Crippen molar-refractivity contribution in [3.63, 3.8) is 0 Å². The van der Waals surface area contributed by atoms with Crippen LogP contribution in [0, 0.1) is 12.7 Å². The number of nitrogens with one attached hydrogen (secondary N) is 3. The second-order valence-electron chi connectivity index (χ2n) is 5.25. The molecule has 2 aromatic carbocycles. The number of hydrogen-bond acceptors (Lipinski definition) is 3. The number of hydrazine groups is 1. The van der Waals surface area contributed by atoms with Crippen LogP contribution < -0.4 is 16.2 Å². The lowest BCUT2D eigenvalue weighted by Crippen LogP contribution is -2.48. The molecule has 0 saturated carbocycles. The molecule has 2 amide bonds. The Kier molecular flexibility index (Phi) is 6.99. The fourth-order valence-corrected chi connectivity index (χ4v) is 2.38. The molecule has 3 N–H and O–H groups in total. The Morgan fingerprint density at radius 1 is 1.12 bits per heavy atom. The van der Waals surface area contributed by atoms with Crippen molar-refractivity contribution in [1.29, 1.82) is 0 Å². The molecule has 26 heavy (non-hydrogen) atoms. The predicted molar refractivity (Wildman–Crippen MR) is 106 cm³/mol. The Hall–Kier alpha value is -2.58. The molecular weight excluding hydrogens is 421 g/mol. The Labute approximate surface area is 163 Å². The molecule has 0 atom stereocenters. The van der Waals surface area contributed by atoms with Gasteiger partial charge in [-0.2, -0.15) is 0 Å². The molecule has 2 rings (SSSR count). The first-order valence-electron chi connectivity index (χ1n) is 7.46. The molecule has 0 radical (unpaired) electrons. The molecule has 0 aromatic heterocycles. The van der Waals surface area contributed by atoms with E-state index in [2.05, 4.69) is 32.1 Å². The van der Waals surface area contributed by atoms with Gasteiger partial charge in [0.2, 0.25) is 5.91 Å². The van der Waals surface area contributed by atoms with E-state index in [0.717, 1.165) is 10.0 Å². The van der Waals surface area contributed by atoms with Crippen molar-refractivity contribution in [2.75, 3.05) is 0 Å². The van der Waals surface area contributed by atoms with Crippen LogP contribution in [0.15, 0.2) is 53.0 Å². The zero-order valence-electron chi connectivity index (χ0n) is 13.7. The summed E-state index contributed by atoms with van der Waals surface area (Å²) < 4.78 is 13.6. The minimum Gasteiger partial charge on any atom is -0.298 e. The van der Waals surface area contributed by atoms with Gasteiger partial charge < -0.3 is 0 Å². The van der Waals surface area contributed by atoms with Gasteiger partial charge in [-0.25, -0.2) is 4.39 Å². The van der Waals surface area contributed by atoms with Crippen molar-refractivity contribution >= 4 is 51.2 Å². The topological polar surface area (TPSA) is 70.2 Å². The first-order valence-corrected chi connectivity index (χ1v) is 8.66. The molecule has 0 aliphatic rings. The van der Waals surface area contributed by atoms with Gasteiger partial charge in [-0.05, 0) is 60.6 Å². The summed E-state index contributed by atoms with van der Waals surface area (Å²) >= 11 is 8.30. The van der Waals surface area contributed by atoms with Crippen LogP contribution in [0.3, 0.4) is 0 Å². The van der Waals surface area contributed by atoms with Crippen molar-refractivity contribution in [3.8, 4) is 0 Å². The predicted octanol–water partition coefficient (Wildman–Crippen LogP) is 3.25. The maximum Gasteiger partial charge on any atom is 0.269 e. The van der Waals surface area contributed by atoms with E-state index in [0.29, 0.717) is 11.1 Å². The quantitative estimate of drug-likeness (QED) is 0.393. The number of thiocarbonyl (C=S) groups is 1. The number of aryl methyl sites for hydroxylation is 1. The van der Waals surface area contributed by atoms with Crippen molar-refractivity contribution in [1.82, 2.24) is 16.2 Å². The molecule has 0 bridgehead atoms. The standard InChI is InChI=1S/C18H15BrFN3O2S/c1-11-2-6-13(10-15(11)19)17(25)22-23-18(26)21-16(24)9-5-12-3-7-14(20)8-4-12/h2-10H,1H3,(H,22,25)(H2,21,23,24,26). The summed E-state index contributed by atoms with van der Waals surface area (Å²) in [5.74, 6) is -1.24. The van der Waals surface area contributed by atoms with Crippen LogP contribution in [-0.4, -0.2) is 16.9 Å². The van der Waals surface area contributed by atoms with Gasteiger partial charge >= 0.3 is 0 Å². The van der Waals surface area contributed by atoms with Crippen LogP contribution in [0.25, 0.3) is 6.08 Å². The third-order valence-corrected chi connectivity index (χ3v) is 4.32. The van der Waals surface area contributed by atoms with E-state index in [4.69, 9.17) is 12.2 Å². The molecule has 0 aliphatic carbocycles. The minimum absolute atomic E-state index is 0.0571. The molecular formula is C18H15BrFN3O2S. The first-order chi connectivity index (χ1) is 12.3. The van der Waals surface area contributed by atoms with Gasteiger partial charge in [0.25, 0.3) is 5.91 Å². The number of hydrogen-bond donors (Lipinski definition) is 3. The summed E-state index contributed by atoms with van der Waals surface area (Å²) in [5, 5.41) is 2.33. The van der Waals surface area contributed by atoms with E-state index in [-0.39, 0.29) is 10.9 Å². The van der Waals surface area contributed by atoms with Gasteiger partial charge in [-0.1, -0.05) is 34.1 Å². The summed E-state index contributed by atoms with van der Waals surface area (Å²) in [5.41, 5.74) is 6.95. The number of benzene rings is 2. The van der Waals surface area contributed by atoms with Crippen LogP contribution in [-0.2, 0) is 4.79 Å². The highest BCUT2D eigenvalue weighted by atomic mass is 79.9. The van der Waals surface area contributed by atoms with E-state index in [1.807, 2.05) is 6.92 Å². The van der Waals surface area contributed by atoms with E-state index >= 15 is 0 Å². The molecule has 2 aromatic rings. The molecule has 5 nitrogen and oxygen atoms in total. The largest absolute Gasteiger partial charge is 0.298 e. The zero-order valence-corrected chi connectivity index (χ0v) is 16.1. The lowest BCUT2D eigenvalue weighted by molar-refractivity contribution is -0.115. The number of carbonyl (C=O) groups excluding carboxylic acids is 2. The molecule has 0 aliphatic heterocycles. The van der Waals surface area contributed by atoms with Crippen LogP contribution >= 0.6 is 28.1 Å². The molecule has 0 fully saturated rings. The Morgan fingerprint density at radius 2 is 1.81 bits per heavy atom. The van der Waals surface area contributed by atoms with Gasteiger partial charge in [0, 0.05) is 16.1 Å². The fourth-order valence-electron chi connectivity index (χ4n) is 1.85. The van der Waals surface area contributed by atoms with Crippen LogP contribution in [0.1, 0.15) is 21.5 Å². The van der Waals surface area contributed by atoms with Gasteiger partial charge in [-0.15, -0.1) is 0 Å². The molecule has 0 heterocycles. The monoisotopic (exact) mass is 435 g/mol. The second kappa shape index (κ2) is 9.21. The molecule has 8 heteroatoms. The smallest absolute Gasteiger partial charge is 0.269 e. The molecule has 0 saturated heterocycles. The van der Waals surface area contributed by atoms with Gasteiger partial charge in [-0.3, -0.25) is 25.8 Å². The van der Waals surface area contributed by atoms with Crippen molar-refractivity contribution in [2.24, 2.45) is 0 Å². The SMILES string of the molecule is Cc1ccc(C(=O)NNC(=S)NC(=O)C=Cc2ccc(F)cc2)cc1Br. The molecule has 0 unspecified atom stereocenters. The van der Waals surface area contributed by atoms with Gasteiger partial charge in [0.05, 0.1) is 0 Å². The second-order valence-corrected chi connectivity index (χ2v) is 6.51. The highest BCUT2D eigenvalue weighted by Crippen LogP contribution is 2.17. The molecule has 134 valence electrons. The summed E-state index contributed by atoms with van der Waals surface area (Å²) in [6, 6.07) is 10.8. The van der Waals surface area contributed by atoms with Crippen molar-refractivity contribution in [3.05, 3.63) is 75.5 Å². The summed E-state index contributed by atoms with van der Waals surface area (Å²) in [4.78, 5) is 23.8. The van der Waals surface area contributed by atoms with Crippen molar-refractivity contribution < 1.29 is 14.0 Å². The zero-order chi connectivity index (χ0) is 19.1. The normalized spacial score (nSPS) is 10.4. The summed E-state index contributed by atoms with van der Waals surface area (Å²) in [6.45, 7) is 1.91. The Balaban J connectivity index is 1.82. The maximum atomic E-state index is 12.8. The third-order valence-electron chi connectivity index (χ3n) is 3.26. The van der Waals surface area contributed by atoms with Crippen LogP contribution in [0.2, 0.25) is 0 Å². The summed E-state index contributed by atoms with van der Waals surface area (Å²) in [6.07, 6.45) is 2.76. The van der Waals surface area contributed by atoms with E-state index in [9.17, 15) is 14.0 Å². The number of amides is 2. The van der Waals surface area contributed by atoms with E-state index < -0.39 is 11.8 Å². The van der Waals surface area contributed by atoms with Crippen LogP contribution in [0.5, 0.6) is 0 Å². The van der Waals surface area contributed by atoms with Crippen molar-refractivity contribution in [2.45, 2.75) is 6.92 Å². The fraction of sp³-hybridized carbons (Fsp3) is 0.0556. The highest BCUT2D eigenvalue weighted by Gasteiger charge is 2.08. The third kappa shape index (κ3) is 6.05. The number of rotatable bonds is 3. The van der Waals surface area contributed by atoms with Gasteiger partial charge in [0.1, 0.15) is 5.82 Å². The first kappa shape index (κ1) is 19.7. The van der Waals surface area contributed by atoms with Crippen LogP contribution in [0.4, 0.5) is 4.39 Å². The van der Waals surface area contributed by atoms with Gasteiger partial charge in [0.15, 0.2) is 5.11 Å². The lowest BCUT2D eigenvalue weighted by atomic mass is 10.1. The summed E-state index contributed by atoms with van der Waals surface area (Å²) in [7, 11) is 0. The van der Waals surface area contributed by atoms with E-state index in [1.165, 1.54) is 36.4 Å². The highest BCUT2D eigenvalue weighted by molar-refractivity contribution is 9.10. The number of halogens is 2. The van der Waals surface area contributed by atoms with E-state index in [1.54, 1.807) is 18.2 Å². The maximum absolute atomic E-state index is 12.8. The average molecular weight is 436 g/mol. The average Bonchev–Trinajstić information content (AvgIpc) is 2.61. The lowest BCUT2D eigenvalue weighted by Gasteiger charge is -2.10. The Morgan fingerprint density at radius 3 is 2.46 bits per heavy atom. The minimum atomic E-state index is -0.487. The Bertz CT molecular complexity index is 869.